The van der Waals surface area contributed by atoms with Crippen LogP contribution in [-0.4, -0.2) is 0 Å². The van der Waals surface area contributed by atoms with Crippen molar-refractivity contribution >= 4 is 33.2 Å². The van der Waals surface area contributed by atoms with E-state index in [0.717, 1.165) is 0 Å². The van der Waals surface area contributed by atoms with E-state index in [-0.39, 0.29) is 5.41 Å². The van der Waals surface area contributed by atoms with Crippen molar-refractivity contribution < 1.29 is 0 Å². The van der Waals surface area contributed by atoms with E-state index < -0.39 is 0 Å². The van der Waals surface area contributed by atoms with Crippen LogP contribution in [0.25, 0.3) is 66.6 Å². The minimum Gasteiger partial charge on any atom is -0.0654 e. The van der Waals surface area contributed by atoms with Crippen molar-refractivity contribution in [2.75, 3.05) is 0 Å². The third kappa shape index (κ3) is 7.65. The van der Waals surface area contributed by atoms with E-state index in [1.165, 1.54) is 148 Å². The van der Waals surface area contributed by atoms with Crippen molar-refractivity contribution in [1.29, 1.82) is 0 Å². The lowest BCUT2D eigenvalue weighted by Gasteiger charge is -2.33. The Morgan fingerprint density at radius 2 is 0.850 bits per heavy atom. The number of hydrogen-bond acceptors (Lipinski definition) is 0. The van der Waals surface area contributed by atoms with Gasteiger partial charge in [0.15, 0.2) is 0 Å². The Hall–Kier alpha value is -5.98. The molecule has 60 heavy (non-hydrogen) atoms. The average molecular weight is 779 g/mol. The van der Waals surface area contributed by atoms with E-state index in [4.69, 9.17) is 0 Å². The van der Waals surface area contributed by atoms with E-state index >= 15 is 0 Å². The van der Waals surface area contributed by atoms with Gasteiger partial charge in [-0.1, -0.05) is 241 Å². The summed E-state index contributed by atoms with van der Waals surface area (Å²) in [6.07, 6.45) is 16.5. The van der Waals surface area contributed by atoms with Crippen LogP contribution in [0.15, 0.2) is 176 Å². The van der Waals surface area contributed by atoms with Crippen molar-refractivity contribution in [1.82, 2.24) is 0 Å². The molecule has 298 valence electrons. The molecule has 0 amide bonds. The summed E-state index contributed by atoms with van der Waals surface area (Å²) in [5.41, 5.74) is 16.1. The fraction of sp³-hybridized carbons (Fsp3) is 0.233. The van der Waals surface area contributed by atoms with Crippen LogP contribution in [0, 0.1) is 0 Å². The van der Waals surface area contributed by atoms with Crippen molar-refractivity contribution in [3.8, 4) is 33.4 Å². The van der Waals surface area contributed by atoms with Crippen LogP contribution >= 0.6 is 0 Å². The lowest BCUT2D eigenvalue weighted by molar-refractivity contribution is 0.400. The normalized spacial score (nSPS) is 14.3. The molecule has 1 unspecified atom stereocenters. The Balaban J connectivity index is 1.17. The summed E-state index contributed by atoms with van der Waals surface area (Å²) < 4.78 is 0. The molecule has 8 aromatic carbocycles. The molecule has 8 aromatic rings. The Morgan fingerprint density at radius 3 is 1.42 bits per heavy atom. The van der Waals surface area contributed by atoms with Crippen LogP contribution in [0.4, 0.5) is 0 Å². The van der Waals surface area contributed by atoms with E-state index in [1.54, 1.807) is 11.1 Å². The van der Waals surface area contributed by atoms with Crippen molar-refractivity contribution in [2.45, 2.75) is 89.9 Å². The highest BCUT2D eigenvalue weighted by molar-refractivity contribution is 6.21. The van der Waals surface area contributed by atoms with Crippen LogP contribution in [0.1, 0.15) is 112 Å². The molecule has 1 atom stereocenters. The Labute approximate surface area is 358 Å². The molecule has 0 nitrogen and oxygen atoms in total. The number of benzene rings is 8. The van der Waals surface area contributed by atoms with Gasteiger partial charge in [0.25, 0.3) is 0 Å². The number of fused-ring (bicyclic) bond motifs is 5. The maximum atomic E-state index is 2.63. The first-order valence-corrected chi connectivity index (χ1v) is 22.8. The van der Waals surface area contributed by atoms with Crippen LogP contribution in [0.3, 0.4) is 0 Å². The molecule has 1 aliphatic rings. The topological polar surface area (TPSA) is 0 Å². The van der Waals surface area contributed by atoms with Crippen LogP contribution in [0.5, 0.6) is 0 Å². The van der Waals surface area contributed by atoms with E-state index in [2.05, 4.69) is 196 Å². The van der Waals surface area contributed by atoms with Crippen LogP contribution in [0.2, 0.25) is 0 Å². The standard InChI is InChI=1S/C60H58/c1-3-5-7-9-23-41-60(40-22-8-6-4-2)56-33-21-20-28-49(56)50-39-38-48(43-57(50)60)59-53-31-18-16-29-51(53)58(52-30-17-19-32-54(52)59)47-36-34-44(35-37-47)42-55(45-24-12-10-13-25-45)46-26-14-11-15-27-46/h10-21,24-39,42-43H,3-9,22-23,40-41H2,1-2H3. The zero-order valence-electron chi connectivity index (χ0n) is 35.6. The summed E-state index contributed by atoms with van der Waals surface area (Å²) in [5, 5.41) is 5.23. The molecule has 0 saturated carbocycles. The Bertz CT molecular complexity index is 2640. The molecule has 0 heteroatoms. The fourth-order valence-corrected chi connectivity index (χ4v) is 10.4. The lowest BCUT2D eigenvalue weighted by atomic mass is 9.70. The smallest absolute Gasteiger partial charge is 0.0215 e. The van der Waals surface area contributed by atoms with Crippen molar-refractivity contribution in [3.63, 3.8) is 0 Å². The minimum absolute atomic E-state index is 0.0462. The van der Waals surface area contributed by atoms with Gasteiger partial charge in [-0.15, -0.1) is 0 Å². The molecule has 0 bridgehead atoms. The third-order valence-corrected chi connectivity index (χ3v) is 13.3. The molecule has 0 saturated heterocycles. The molecule has 0 aromatic heterocycles. The summed E-state index contributed by atoms with van der Waals surface area (Å²) in [4.78, 5) is 0. The van der Waals surface area contributed by atoms with Gasteiger partial charge in [-0.05, 0) is 113 Å². The predicted molar refractivity (Wildman–Crippen MR) is 261 cm³/mol. The molecule has 0 aliphatic heterocycles. The summed E-state index contributed by atoms with van der Waals surface area (Å²) >= 11 is 0. The summed E-state index contributed by atoms with van der Waals surface area (Å²) in [6.45, 7) is 4.65. The van der Waals surface area contributed by atoms with E-state index in [1.807, 2.05) is 0 Å². The zero-order chi connectivity index (χ0) is 40.7. The molecule has 0 N–H and O–H groups in total. The molecular formula is C60H58. The first-order valence-electron chi connectivity index (χ1n) is 22.8. The second kappa shape index (κ2) is 18.1. The highest BCUT2D eigenvalue weighted by Gasteiger charge is 2.42. The van der Waals surface area contributed by atoms with Gasteiger partial charge in [0, 0.05) is 5.41 Å². The second-order valence-electron chi connectivity index (χ2n) is 17.1. The molecule has 0 radical (unpaired) electrons. The van der Waals surface area contributed by atoms with Gasteiger partial charge in [0.2, 0.25) is 0 Å². The summed E-state index contributed by atoms with van der Waals surface area (Å²) in [5.74, 6) is 0. The molecule has 0 fully saturated rings. The molecule has 0 heterocycles. The Kier molecular flexibility index (Phi) is 11.9. The average Bonchev–Trinajstić information content (AvgIpc) is 3.58. The quantitative estimate of drug-likeness (QED) is 0.0521. The first kappa shape index (κ1) is 39.5. The number of hydrogen-bond donors (Lipinski definition) is 0. The van der Waals surface area contributed by atoms with Gasteiger partial charge in [-0.2, -0.15) is 0 Å². The SMILES string of the molecule is CCCCCCCC1(CCCCCC)c2ccccc2-c2ccc(-c3c4ccccc4c(-c4ccc(C=C(c5ccccc5)c5ccccc5)cc4)c4ccccc34)cc21. The van der Waals surface area contributed by atoms with Crippen LogP contribution < -0.4 is 0 Å². The Morgan fingerprint density at radius 1 is 0.400 bits per heavy atom. The van der Waals surface area contributed by atoms with Crippen LogP contribution in [-0.2, 0) is 5.41 Å². The van der Waals surface area contributed by atoms with Gasteiger partial charge >= 0.3 is 0 Å². The minimum atomic E-state index is 0.0462. The summed E-state index contributed by atoms with van der Waals surface area (Å²) in [6, 6.07) is 65.9. The number of unbranched alkanes of at least 4 members (excludes halogenated alkanes) is 7. The summed E-state index contributed by atoms with van der Waals surface area (Å²) in [7, 11) is 0. The fourth-order valence-electron chi connectivity index (χ4n) is 10.4. The van der Waals surface area contributed by atoms with Crippen molar-refractivity contribution in [3.05, 3.63) is 204 Å². The van der Waals surface area contributed by atoms with Crippen molar-refractivity contribution in [2.24, 2.45) is 0 Å². The third-order valence-electron chi connectivity index (χ3n) is 13.3. The second-order valence-corrected chi connectivity index (χ2v) is 17.1. The van der Waals surface area contributed by atoms with Gasteiger partial charge in [-0.25, -0.2) is 0 Å². The first-order chi connectivity index (χ1) is 29.7. The highest BCUT2D eigenvalue weighted by atomic mass is 14.4. The zero-order valence-corrected chi connectivity index (χ0v) is 35.6. The maximum Gasteiger partial charge on any atom is 0.0215 e. The molecular weight excluding hydrogens is 721 g/mol. The maximum absolute atomic E-state index is 2.63. The van der Waals surface area contributed by atoms with Gasteiger partial charge in [-0.3, -0.25) is 0 Å². The number of rotatable bonds is 16. The van der Waals surface area contributed by atoms with Gasteiger partial charge in [0.05, 0.1) is 0 Å². The largest absolute Gasteiger partial charge is 0.0654 e. The van der Waals surface area contributed by atoms with Gasteiger partial charge < -0.3 is 0 Å². The molecule has 9 rings (SSSR count). The molecule has 1 aliphatic carbocycles. The predicted octanol–water partition coefficient (Wildman–Crippen LogP) is 17.5. The lowest BCUT2D eigenvalue weighted by Crippen LogP contribution is -2.25. The van der Waals surface area contributed by atoms with E-state index in [0.29, 0.717) is 0 Å². The van der Waals surface area contributed by atoms with E-state index in [9.17, 15) is 0 Å². The monoisotopic (exact) mass is 778 g/mol. The molecule has 0 spiro atoms. The van der Waals surface area contributed by atoms with Gasteiger partial charge in [0.1, 0.15) is 0 Å². The highest BCUT2D eigenvalue weighted by Crippen LogP contribution is 2.56.